The first-order valence-corrected chi connectivity index (χ1v) is 31.1. The number of carbonyl (C=O) groups excluding carboxylic acids is 12. The molecule has 0 bridgehead atoms. The molecule has 11 amide bonds. The van der Waals surface area contributed by atoms with Crippen molar-refractivity contribution in [3.8, 4) is 0 Å². The Kier molecular flexibility index (Phi) is 36.5. The highest BCUT2D eigenvalue weighted by Gasteiger charge is 2.39. The third-order valence-corrected chi connectivity index (χ3v) is 14.9. The van der Waals surface area contributed by atoms with Crippen molar-refractivity contribution in [2.75, 3.05) is 39.3 Å². The summed E-state index contributed by atoms with van der Waals surface area (Å²) in [5.74, 6) is -10.7. The molecule has 1 aliphatic heterocycles. The minimum Gasteiger partial charge on any atom is -0.459 e. The summed E-state index contributed by atoms with van der Waals surface area (Å²) in [7, 11) is 0. The molecular weight excluding hydrogens is 1170 g/mol. The van der Waals surface area contributed by atoms with Gasteiger partial charge in [0, 0.05) is 19.4 Å². The highest BCUT2D eigenvalue weighted by Crippen LogP contribution is 2.14. The molecule has 0 unspecified atom stereocenters. The van der Waals surface area contributed by atoms with Crippen molar-refractivity contribution in [3.63, 3.8) is 0 Å². The molecule has 1 saturated heterocycles. The lowest BCUT2D eigenvalue weighted by molar-refractivity contribution is -0.153. The summed E-state index contributed by atoms with van der Waals surface area (Å²) in [4.78, 5) is 168. The van der Waals surface area contributed by atoms with Gasteiger partial charge in [0.2, 0.25) is 65.0 Å². The van der Waals surface area contributed by atoms with Crippen LogP contribution in [0, 0.1) is 11.8 Å². The quantitative estimate of drug-likeness (QED) is 0.0244. The van der Waals surface area contributed by atoms with Gasteiger partial charge in [-0.2, -0.15) is 0 Å². The number of ether oxygens (including phenoxy) is 1. The number of rotatable bonds is 31. The van der Waals surface area contributed by atoms with Gasteiger partial charge in [-0.1, -0.05) is 77.3 Å². The van der Waals surface area contributed by atoms with Crippen molar-refractivity contribution < 1.29 is 67.4 Å². The fourth-order valence-electron chi connectivity index (χ4n) is 9.47. The van der Waals surface area contributed by atoms with Crippen LogP contribution < -0.4 is 92.9 Å². The van der Waals surface area contributed by atoms with E-state index in [0.29, 0.717) is 17.9 Å². The van der Waals surface area contributed by atoms with Crippen LogP contribution in [0.25, 0.3) is 0 Å². The summed E-state index contributed by atoms with van der Waals surface area (Å²) in [6.07, 6.45) is -1.31. The van der Waals surface area contributed by atoms with Gasteiger partial charge in [0.25, 0.3) is 0 Å². The smallest absolute Gasteiger partial charge is 0.322 e. The molecule has 1 aromatic rings. The molecule has 0 aliphatic carbocycles. The van der Waals surface area contributed by atoms with Crippen LogP contribution in [0.2, 0.25) is 0 Å². The van der Waals surface area contributed by atoms with E-state index in [0.717, 1.165) is 19.3 Å². The molecular formula is C59H103N17O14. The van der Waals surface area contributed by atoms with Crippen LogP contribution >= 0.6 is 0 Å². The number of hydrogen-bond acceptors (Lipinski definition) is 20. The monoisotopic (exact) mass is 1270 g/mol. The van der Waals surface area contributed by atoms with Gasteiger partial charge in [-0.05, 0) is 122 Å². The van der Waals surface area contributed by atoms with E-state index in [4.69, 9.17) is 39.1 Å². The number of benzene rings is 1. The summed E-state index contributed by atoms with van der Waals surface area (Å²) < 4.78 is 5.45. The Morgan fingerprint density at radius 1 is 0.589 bits per heavy atom. The van der Waals surface area contributed by atoms with Crippen LogP contribution in [0.15, 0.2) is 30.3 Å². The first-order valence-electron chi connectivity index (χ1n) is 31.1. The van der Waals surface area contributed by atoms with Gasteiger partial charge >= 0.3 is 5.97 Å². The topological polar surface area (TPSA) is 523 Å². The summed E-state index contributed by atoms with van der Waals surface area (Å²) in [5.41, 5.74) is 35.9. The number of aliphatic hydroxyl groups excluding tert-OH is 1. The second-order valence-corrected chi connectivity index (χ2v) is 23.2. The van der Waals surface area contributed by atoms with Crippen molar-refractivity contribution in [1.82, 2.24) is 58.5 Å². The summed E-state index contributed by atoms with van der Waals surface area (Å²) in [6, 6.07) is -7.80. The number of carbonyl (C=O) groups is 12. The minimum absolute atomic E-state index is 0.0334. The maximum atomic E-state index is 14.7. The zero-order valence-electron chi connectivity index (χ0n) is 53.2. The van der Waals surface area contributed by atoms with Gasteiger partial charge < -0.3 is 103 Å². The van der Waals surface area contributed by atoms with Crippen molar-refractivity contribution in [2.24, 2.45) is 46.2 Å². The Hall–Kier alpha value is -7.42. The Bertz CT molecular complexity index is 2490. The summed E-state index contributed by atoms with van der Waals surface area (Å²) in [6.45, 7) is 10.2. The molecule has 90 heavy (non-hydrogen) atoms. The Balaban J connectivity index is 2.76. The predicted molar refractivity (Wildman–Crippen MR) is 334 cm³/mol. The molecule has 1 heterocycles. The molecule has 1 aromatic carbocycles. The lowest BCUT2D eigenvalue weighted by atomic mass is 10.00. The van der Waals surface area contributed by atoms with E-state index in [1.54, 1.807) is 44.2 Å². The highest BCUT2D eigenvalue weighted by atomic mass is 16.5. The van der Waals surface area contributed by atoms with Gasteiger partial charge in [0.15, 0.2) is 0 Å². The maximum Gasteiger partial charge on any atom is 0.322 e. The number of nitrogens with two attached hydrogens (primary N) is 6. The number of esters is 1. The first kappa shape index (κ1) is 78.7. The van der Waals surface area contributed by atoms with Gasteiger partial charge in [-0.25, -0.2) is 0 Å². The van der Waals surface area contributed by atoms with Crippen LogP contribution in [0.5, 0.6) is 0 Å². The van der Waals surface area contributed by atoms with Crippen LogP contribution in [-0.4, -0.2) is 194 Å². The van der Waals surface area contributed by atoms with Crippen molar-refractivity contribution in [2.45, 2.75) is 211 Å². The average molecular weight is 1270 g/mol. The fourth-order valence-corrected chi connectivity index (χ4v) is 9.47. The van der Waals surface area contributed by atoms with Gasteiger partial charge in [0.1, 0.15) is 72.6 Å². The molecule has 14 atom stereocenters. The number of hydrogen-bond donors (Lipinski definition) is 18. The number of aliphatic hydroxyl groups is 1. The highest BCUT2D eigenvalue weighted by molar-refractivity contribution is 5.99. The molecule has 2 rings (SSSR count). The standard InChI is InChI=1S/C59H103N17O14/c1-8-33(4)14-12-13-17-46(78)67-38(18-24-60)53(83)76-48(36(7)90-59(89)34(5)65)58(88)72-41(21-27-63)50(80)71-43-23-29-66-57(87)47(35(6)77)75-54(84)42(22-28-64)69-49(79)39(19-25-61)70-55(85)44(30-32(2)3)73-56(86)45(31-37-15-10-9-11-16-37)74-51(81)40(20-26-62)68-52(43)82/h9-11,15-16,32-36,38-45,47-48,77H,8,12-14,17-31,60-65H2,1-7H3,(H,66,87)(H,67,78)(H,68,82)(H,69,79)(H,70,85)(H,71,80)(H,72,88)(H,73,86)(H,74,81)(H,75,84)(H,76,83)/t33-,34-,35+,36+,38-,39-,40-,41-,42-,43-,44-,45+,47-,48-/m0/s1. The molecule has 508 valence electrons. The van der Waals surface area contributed by atoms with Crippen LogP contribution in [0.4, 0.5) is 0 Å². The second-order valence-electron chi connectivity index (χ2n) is 23.2. The number of amides is 11. The van der Waals surface area contributed by atoms with Gasteiger partial charge in [-0.15, -0.1) is 0 Å². The molecule has 31 nitrogen and oxygen atoms in total. The van der Waals surface area contributed by atoms with Crippen molar-refractivity contribution in [3.05, 3.63) is 35.9 Å². The third-order valence-electron chi connectivity index (χ3n) is 14.9. The lowest BCUT2D eigenvalue weighted by Crippen LogP contribution is -2.62. The molecule has 0 aromatic heterocycles. The molecule has 24 N–H and O–H groups in total. The van der Waals surface area contributed by atoms with E-state index in [9.17, 15) is 62.6 Å². The minimum atomic E-state index is -1.76. The van der Waals surface area contributed by atoms with E-state index in [1.165, 1.54) is 20.8 Å². The second kappa shape index (κ2) is 41.8. The van der Waals surface area contributed by atoms with Crippen LogP contribution in [0.1, 0.15) is 131 Å². The molecule has 1 fully saturated rings. The molecule has 1 aliphatic rings. The Labute approximate surface area is 527 Å². The van der Waals surface area contributed by atoms with E-state index in [2.05, 4.69) is 72.3 Å². The zero-order valence-corrected chi connectivity index (χ0v) is 53.2. The predicted octanol–water partition coefficient (Wildman–Crippen LogP) is -5.35. The third kappa shape index (κ3) is 28.2. The maximum absolute atomic E-state index is 14.7. The van der Waals surface area contributed by atoms with Crippen LogP contribution in [0.3, 0.4) is 0 Å². The molecule has 0 saturated carbocycles. The largest absolute Gasteiger partial charge is 0.459 e. The Morgan fingerprint density at radius 2 is 1.09 bits per heavy atom. The first-order chi connectivity index (χ1) is 42.6. The Morgan fingerprint density at radius 3 is 1.60 bits per heavy atom. The SMILES string of the molecule is CC[C@H](C)CCCCC(=O)N[C@@H](CCN)C(=O)N[C@H](C(=O)N[C@@H](CCN)C(=O)N[C@H]1CCNC(=O)[C@H]([C@@H](C)O)NC(=O)[C@H](CCN)NC(=O)[C@H](CCN)NC(=O)[C@H](CC(C)C)NC(=O)[C@@H](Cc2ccccc2)NC(=O)[C@H](CCN)NC1=O)[C@@H](C)OC(=O)[C@H](C)N. The number of nitrogens with one attached hydrogen (secondary N) is 11. The molecule has 31 heteroatoms. The van der Waals surface area contributed by atoms with Crippen LogP contribution in [-0.2, 0) is 68.7 Å². The zero-order chi connectivity index (χ0) is 67.6. The average Bonchev–Trinajstić information content (AvgIpc) is 3.69. The van der Waals surface area contributed by atoms with E-state index >= 15 is 0 Å². The van der Waals surface area contributed by atoms with Gasteiger partial charge in [0.05, 0.1) is 6.10 Å². The fraction of sp³-hybridized carbons (Fsp3) is 0.695. The number of unbranched alkanes of at least 4 members (excludes halogenated alkanes) is 1. The van der Waals surface area contributed by atoms with E-state index < -0.39 is 163 Å². The van der Waals surface area contributed by atoms with Crippen molar-refractivity contribution in [1.29, 1.82) is 0 Å². The summed E-state index contributed by atoms with van der Waals surface area (Å²) in [5, 5.41) is 39.1. The van der Waals surface area contributed by atoms with E-state index in [1.807, 2.05) is 0 Å². The summed E-state index contributed by atoms with van der Waals surface area (Å²) >= 11 is 0. The lowest BCUT2D eigenvalue weighted by Gasteiger charge is -2.30. The van der Waals surface area contributed by atoms with Crippen molar-refractivity contribution >= 4 is 70.9 Å². The van der Waals surface area contributed by atoms with E-state index in [-0.39, 0.29) is 90.0 Å². The molecule has 0 spiro atoms. The normalized spacial score (nSPS) is 22.6. The van der Waals surface area contributed by atoms with Gasteiger partial charge in [-0.3, -0.25) is 57.5 Å². The molecule has 0 radical (unpaired) electrons.